The summed E-state index contributed by atoms with van der Waals surface area (Å²) in [6.07, 6.45) is 1.25. The van der Waals surface area contributed by atoms with E-state index in [-0.39, 0.29) is 18.9 Å². The predicted molar refractivity (Wildman–Crippen MR) is 57.9 cm³/mol. The zero-order chi connectivity index (χ0) is 12.1. The van der Waals surface area contributed by atoms with E-state index in [2.05, 4.69) is 0 Å². The van der Waals surface area contributed by atoms with Gasteiger partial charge in [-0.15, -0.1) is 11.3 Å². The average Bonchev–Trinajstić information content (AvgIpc) is 2.64. The van der Waals surface area contributed by atoms with Crippen molar-refractivity contribution in [3.8, 4) is 0 Å². The number of sulfonamides is 1. The van der Waals surface area contributed by atoms with Crippen molar-refractivity contribution in [2.45, 2.75) is 8.42 Å². The number of aliphatic hydroxyl groups excluding tert-OH is 1. The Morgan fingerprint density at radius 3 is 2.50 bits per heavy atom. The van der Waals surface area contributed by atoms with E-state index in [1.807, 2.05) is 0 Å². The fourth-order valence-electron chi connectivity index (χ4n) is 1.32. The van der Waals surface area contributed by atoms with Crippen LogP contribution in [0, 0.1) is 0 Å². The fraction of sp³-hybridized carbons (Fsp3) is 0.143. The summed E-state index contributed by atoms with van der Waals surface area (Å²) in [6, 6.07) is 1.19. The normalized spacial score (nSPS) is 18.2. The Morgan fingerprint density at radius 2 is 2.06 bits per heavy atom. The van der Waals surface area contributed by atoms with Gasteiger partial charge in [-0.1, -0.05) is 0 Å². The van der Waals surface area contributed by atoms with Gasteiger partial charge in [-0.25, -0.2) is 22.0 Å². The number of rotatable bonds is 2. The summed E-state index contributed by atoms with van der Waals surface area (Å²) >= 11 is 0.591. The molecule has 1 aromatic heterocycles. The van der Waals surface area contributed by atoms with Crippen LogP contribution in [0.4, 0.5) is 0 Å². The third kappa shape index (κ3) is 1.60. The van der Waals surface area contributed by atoms with Gasteiger partial charge in [0.25, 0.3) is 0 Å². The first kappa shape index (κ1) is 11.7. The van der Waals surface area contributed by atoms with Gasteiger partial charge >= 0.3 is 0 Å². The smallest absolute Gasteiger partial charge is 0.247 e. The van der Waals surface area contributed by atoms with Crippen LogP contribution in [-0.2, 0) is 19.9 Å². The van der Waals surface area contributed by atoms with Gasteiger partial charge in [0, 0.05) is 5.56 Å². The molecule has 0 fully saturated rings. The first-order chi connectivity index (χ1) is 7.26. The zero-order valence-electron chi connectivity index (χ0n) is 7.74. The topological polar surface area (TPSA) is 115 Å². The van der Waals surface area contributed by atoms with Crippen LogP contribution in [0.5, 0.6) is 0 Å². The minimum Gasteiger partial charge on any atom is -0.391 e. The van der Waals surface area contributed by atoms with Gasteiger partial charge < -0.3 is 5.11 Å². The molecular weight excluding hydrogens is 274 g/mol. The second-order valence-corrected chi connectivity index (χ2v) is 8.16. The standard InChI is InChI=1S/C7H7NO5S3/c8-16(12,13)6-2-4-1-5(3-9)15(10,11)7(4)14-6/h1-2,9H,3H2,(H2,8,12,13). The molecule has 1 aromatic rings. The number of hydrogen-bond acceptors (Lipinski definition) is 6. The molecule has 0 spiro atoms. The van der Waals surface area contributed by atoms with Gasteiger partial charge in [-0.05, 0) is 12.1 Å². The third-order valence-electron chi connectivity index (χ3n) is 2.04. The van der Waals surface area contributed by atoms with E-state index in [0.29, 0.717) is 11.3 Å². The SMILES string of the molecule is NS(=O)(=O)c1cc2c(s1)S(=O)(=O)C(CO)=C2. The maximum Gasteiger partial charge on any atom is 0.247 e. The average molecular weight is 281 g/mol. The highest BCUT2D eigenvalue weighted by Gasteiger charge is 2.33. The fourth-order valence-corrected chi connectivity index (χ4v) is 5.23. The maximum absolute atomic E-state index is 11.7. The van der Waals surface area contributed by atoms with Crippen LogP contribution in [0.2, 0.25) is 0 Å². The predicted octanol–water partition coefficient (Wildman–Crippen LogP) is -0.484. The summed E-state index contributed by atoms with van der Waals surface area (Å²) in [5.74, 6) is 0. The van der Waals surface area contributed by atoms with Crippen LogP contribution >= 0.6 is 11.3 Å². The largest absolute Gasteiger partial charge is 0.391 e. The lowest BCUT2D eigenvalue weighted by Crippen LogP contribution is -2.10. The van der Waals surface area contributed by atoms with Crippen molar-refractivity contribution in [1.29, 1.82) is 0 Å². The van der Waals surface area contributed by atoms with Crippen LogP contribution in [0.15, 0.2) is 19.4 Å². The molecular formula is C7H7NO5S3. The number of hydrogen-bond donors (Lipinski definition) is 2. The molecule has 0 atom stereocenters. The van der Waals surface area contributed by atoms with Crippen molar-refractivity contribution in [3.05, 3.63) is 16.5 Å². The molecule has 6 nitrogen and oxygen atoms in total. The Morgan fingerprint density at radius 1 is 1.44 bits per heavy atom. The lowest BCUT2D eigenvalue weighted by atomic mass is 10.3. The van der Waals surface area contributed by atoms with E-state index >= 15 is 0 Å². The van der Waals surface area contributed by atoms with Crippen LogP contribution in [0.25, 0.3) is 6.08 Å². The van der Waals surface area contributed by atoms with Gasteiger partial charge in [0.2, 0.25) is 19.9 Å². The number of nitrogens with two attached hydrogens (primary N) is 1. The minimum atomic E-state index is -3.89. The lowest BCUT2D eigenvalue weighted by molar-refractivity contribution is 0.339. The van der Waals surface area contributed by atoms with Gasteiger partial charge in [-0.2, -0.15) is 0 Å². The Labute approximate surface area is 96.0 Å². The molecule has 1 aliphatic heterocycles. The molecule has 16 heavy (non-hydrogen) atoms. The molecule has 0 amide bonds. The molecule has 0 unspecified atom stereocenters. The quantitative estimate of drug-likeness (QED) is 0.759. The number of sulfone groups is 1. The van der Waals surface area contributed by atoms with Gasteiger partial charge in [0.05, 0.1) is 11.5 Å². The maximum atomic E-state index is 11.7. The zero-order valence-corrected chi connectivity index (χ0v) is 10.2. The monoisotopic (exact) mass is 281 g/mol. The number of primary sulfonamides is 1. The van der Waals surface area contributed by atoms with Crippen molar-refractivity contribution in [3.63, 3.8) is 0 Å². The summed E-state index contributed by atoms with van der Waals surface area (Å²) < 4.78 is 45.2. The highest BCUT2D eigenvalue weighted by molar-refractivity contribution is 7.98. The molecule has 2 heterocycles. The number of fused-ring (bicyclic) bond motifs is 1. The van der Waals surface area contributed by atoms with E-state index < -0.39 is 26.5 Å². The molecule has 88 valence electrons. The van der Waals surface area contributed by atoms with Crippen LogP contribution < -0.4 is 5.14 Å². The van der Waals surface area contributed by atoms with Crippen LogP contribution in [0.1, 0.15) is 5.56 Å². The van der Waals surface area contributed by atoms with Crippen molar-refractivity contribution < 1.29 is 21.9 Å². The molecule has 2 rings (SSSR count). The highest BCUT2D eigenvalue weighted by atomic mass is 32.3. The Hall–Kier alpha value is -0.740. The molecule has 0 bridgehead atoms. The number of aliphatic hydroxyl groups is 1. The highest BCUT2D eigenvalue weighted by Crippen LogP contribution is 2.39. The first-order valence-electron chi connectivity index (χ1n) is 4.00. The van der Waals surface area contributed by atoms with E-state index in [4.69, 9.17) is 10.2 Å². The van der Waals surface area contributed by atoms with Crippen molar-refractivity contribution >= 4 is 37.3 Å². The summed E-state index contributed by atoms with van der Waals surface area (Å²) in [6.45, 7) is -0.603. The second-order valence-electron chi connectivity index (χ2n) is 3.13. The number of thiophene rings is 1. The molecule has 0 radical (unpaired) electrons. The lowest BCUT2D eigenvalue weighted by Gasteiger charge is -1.97. The van der Waals surface area contributed by atoms with E-state index in [1.165, 1.54) is 12.1 Å². The molecule has 0 saturated heterocycles. The Bertz CT molecular complexity index is 680. The van der Waals surface area contributed by atoms with Gasteiger partial charge in [-0.3, -0.25) is 0 Å². The van der Waals surface area contributed by atoms with Gasteiger partial charge in [0.1, 0.15) is 8.42 Å². The Kier molecular flexibility index (Phi) is 2.48. The molecule has 1 aliphatic rings. The van der Waals surface area contributed by atoms with Crippen molar-refractivity contribution in [1.82, 2.24) is 0 Å². The first-order valence-corrected chi connectivity index (χ1v) is 7.84. The molecule has 0 aromatic carbocycles. The summed E-state index contributed by atoms with van der Waals surface area (Å²) in [5.41, 5.74) is 0.262. The van der Waals surface area contributed by atoms with Crippen LogP contribution in [0.3, 0.4) is 0 Å². The summed E-state index contributed by atoms with van der Waals surface area (Å²) in [7, 11) is -7.62. The van der Waals surface area contributed by atoms with Gasteiger partial charge in [0.15, 0.2) is 0 Å². The van der Waals surface area contributed by atoms with Crippen molar-refractivity contribution in [2.24, 2.45) is 5.14 Å². The summed E-state index contributed by atoms with van der Waals surface area (Å²) in [5, 5.41) is 13.7. The van der Waals surface area contributed by atoms with E-state index in [0.717, 1.165) is 0 Å². The molecule has 9 heteroatoms. The van der Waals surface area contributed by atoms with E-state index in [9.17, 15) is 16.8 Å². The summed E-state index contributed by atoms with van der Waals surface area (Å²) in [4.78, 5) is -0.130. The third-order valence-corrected chi connectivity index (χ3v) is 6.98. The Balaban J connectivity index is 2.69. The van der Waals surface area contributed by atoms with Crippen molar-refractivity contribution in [2.75, 3.05) is 6.61 Å². The molecule has 3 N–H and O–H groups in total. The van der Waals surface area contributed by atoms with Crippen LogP contribution in [-0.4, -0.2) is 28.5 Å². The second kappa shape index (κ2) is 3.37. The molecule has 0 saturated carbocycles. The molecule has 0 aliphatic carbocycles. The van der Waals surface area contributed by atoms with E-state index in [1.54, 1.807) is 0 Å². The minimum absolute atomic E-state index is 0.0828.